The highest BCUT2D eigenvalue weighted by atomic mass is 35.5. The number of hydrogen-bond donors (Lipinski definition) is 2. The maximum Gasteiger partial charge on any atom is 0.417 e. The van der Waals surface area contributed by atoms with Gasteiger partial charge in [0.05, 0.1) is 10.6 Å². The maximum atomic E-state index is 12.5. The Morgan fingerprint density at radius 3 is 2.47 bits per heavy atom. The number of alkyl halides is 3. The average Bonchev–Trinajstić information content (AvgIpc) is 3.11. The SMILES string of the molecule is FC(F)(F)c1cccc(CNC2CC2)c1Cl.O=CO. The normalized spacial score (nSPS) is 14.5. The van der Waals surface area contributed by atoms with Gasteiger partial charge in [0, 0.05) is 12.6 Å². The van der Waals surface area contributed by atoms with Gasteiger partial charge in [0.15, 0.2) is 0 Å². The van der Waals surface area contributed by atoms with Gasteiger partial charge in [0.2, 0.25) is 0 Å². The standard InChI is InChI=1S/C11H11ClF3N.CH2O2/c12-10-7(6-16-8-4-5-8)2-1-3-9(10)11(13,14)15;2-1-3/h1-3,8,16H,4-6H2;1H,(H,2,3). The molecule has 0 aliphatic heterocycles. The number of halogens is 4. The van der Waals surface area contributed by atoms with Crippen molar-refractivity contribution < 1.29 is 23.1 Å². The summed E-state index contributed by atoms with van der Waals surface area (Å²) in [6.07, 6.45) is -2.19. The van der Waals surface area contributed by atoms with Gasteiger partial charge in [0.25, 0.3) is 6.47 Å². The molecule has 1 aliphatic rings. The zero-order chi connectivity index (χ0) is 14.5. The third-order valence-corrected chi connectivity index (χ3v) is 2.99. The van der Waals surface area contributed by atoms with E-state index in [1.807, 2.05) is 0 Å². The van der Waals surface area contributed by atoms with Gasteiger partial charge in [-0.05, 0) is 24.5 Å². The van der Waals surface area contributed by atoms with Crippen molar-refractivity contribution in [3.05, 3.63) is 34.3 Å². The third-order valence-electron chi connectivity index (χ3n) is 2.54. The molecule has 0 saturated heterocycles. The second kappa shape index (κ2) is 6.77. The molecule has 0 amide bonds. The fraction of sp³-hybridized carbons (Fsp3) is 0.417. The first-order chi connectivity index (χ1) is 8.90. The smallest absolute Gasteiger partial charge is 0.417 e. The van der Waals surface area contributed by atoms with Crippen LogP contribution >= 0.6 is 11.6 Å². The summed E-state index contributed by atoms with van der Waals surface area (Å²) in [5.41, 5.74) is -0.257. The number of carboxylic acid groups (broad SMARTS) is 1. The van der Waals surface area contributed by atoms with Crippen molar-refractivity contribution in [3.63, 3.8) is 0 Å². The summed E-state index contributed by atoms with van der Waals surface area (Å²) in [7, 11) is 0. The van der Waals surface area contributed by atoms with Crippen molar-refractivity contribution in [2.75, 3.05) is 0 Å². The first kappa shape index (κ1) is 15.8. The Labute approximate surface area is 113 Å². The minimum Gasteiger partial charge on any atom is -0.483 e. The van der Waals surface area contributed by atoms with Crippen LogP contribution in [0.5, 0.6) is 0 Å². The summed E-state index contributed by atoms with van der Waals surface area (Å²) in [6.45, 7) is 0.146. The van der Waals surface area contributed by atoms with Crippen LogP contribution in [-0.4, -0.2) is 17.6 Å². The van der Waals surface area contributed by atoms with Crippen LogP contribution in [0.1, 0.15) is 24.0 Å². The number of rotatable bonds is 3. The summed E-state index contributed by atoms with van der Waals surface area (Å²) in [4.78, 5) is 8.36. The van der Waals surface area contributed by atoms with Gasteiger partial charge in [-0.1, -0.05) is 23.7 Å². The van der Waals surface area contributed by atoms with Gasteiger partial charge in [-0.15, -0.1) is 0 Å². The van der Waals surface area contributed by atoms with E-state index in [1.54, 1.807) is 6.07 Å². The zero-order valence-corrected chi connectivity index (χ0v) is 10.6. The Kier molecular flexibility index (Phi) is 5.62. The first-order valence-corrected chi connectivity index (χ1v) is 5.93. The average molecular weight is 296 g/mol. The lowest BCUT2D eigenvalue weighted by Gasteiger charge is -2.12. The van der Waals surface area contributed by atoms with Crippen LogP contribution in [0.2, 0.25) is 5.02 Å². The maximum absolute atomic E-state index is 12.5. The molecule has 1 aromatic rings. The second-order valence-electron chi connectivity index (χ2n) is 4.04. The van der Waals surface area contributed by atoms with E-state index in [-0.39, 0.29) is 11.5 Å². The molecule has 0 atom stereocenters. The Morgan fingerprint density at radius 1 is 1.42 bits per heavy atom. The Hall–Kier alpha value is -1.27. The molecule has 0 radical (unpaired) electrons. The van der Waals surface area contributed by atoms with Crippen LogP contribution in [-0.2, 0) is 17.5 Å². The fourth-order valence-corrected chi connectivity index (χ4v) is 1.78. The van der Waals surface area contributed by atoms with Gasteiger partial charge in [0.1, 0.15) is 0 Å². The van der Waals surface area contributed by atoms with Crippen LogP contribution in [0.4, 0.5) is 13.2 Å². The summed E-state index contributed by atoms with van der Waals surface area (Å²) in [5, 5.41) is 9.84. The monoisotopic (exact) mass is 295 g/mol. The topological polar surface area (TPSA) is 49.3 Å². The van der Waals surface area contributed by atoms with E-state index in [0.717, 1.165) is 18.9 Å². The highest BCUT2D eigenvalue weighted by Gasteiger charge is 2.33. The molecular formula is C12H13ClF3NO2. The lowest BCUT2D eigenvalue weighted by molar-refractivity contribution is -0.137. The number of benzene rings is 1. The van der Waals surface area contributed by atoms with Crippen LogP contribution in [0.15, 0.2) is 18.2 Å². The first-order valence-electron chi connectivity index (χ1n) is 5.56. The van der Waals surface area contributed by atoms with Gasteiger partial charge < -0.3 is 10.4 Å². The molecule has 106 valence electrons. The molecule has 1 aliphatic carbocycles. The molecule has 1 aromatic carbocycles. The molecule has 3 nitrogen and oxygen atoms in total. The summed E-state index contributed by atoms with van der Waals surface area (Å²) >= 11 is 5.74. The molecule has 0 bridgehead atoms. The lowest BCUT2D eigenvalue weighted by atomic mass is 10.1. The lowest BCUT2D eigenvalue weighted by Crippen LogP contribution is -2.16. The minimum atomic E-state index is -4.38. The molecule has 0 spiro atoms. The van der Waals surface area contributed by atoms with Crippen LogP contribution in [0.25, 0.3) is 0 Å². The third kappa shape index (κ3) is 5.08. The molecule has 1 saturated carbocycles. The number of carbonyl (C=O) groups is 1. The molecular weight excluding hydrogens is 283 g/mol. The van der Waals surface area contributed by atoms with Crippen molar-refractivity contribution in [1.82, 2.24) is 5.32 Å². The van der Waals surface area contributed by atoms with Crippen molar-refractivity contribution in [1.29, 1.82) is 0 Å². The van der Waals surface area contributed by atoms with Gasteiger partial charge in [-0.3, -0.25) is 4.79 Å². The molecule has 2 rings (SSSR count). The van der Waals surface area contributed by atoms with E-state index in [9.17, 15) is 13.2 Å². The van der Waals surface area contributed by atoms with Crippen molar-refractivity contribution >= 4 is 18.1 Å². The Bertz CT molecular complexity index is 433. The van der Waals surface area contributed by atoms with Gasteiger partial charge in [-0.25, -0.2) is 0 Å². The van der Waals surface area contributed by atoms with E-state index in [2.05, 4.69) is 5.32 Å². The highest BCUT2D eigenvalue weighted by molar-refractivity contribution is 6.32. The fourth-order valence-electron chi connectivity index (χ4n) is 1.48. The van der Waals surface area contributed by atoms with Gasteiger partial charge in [-0.2, -0.15) is 13.2 Å². The van der Waals surface area contributed by atoms with Gasteiger partial charge >= 0.3 is 6.18 Å². The molecule has 7 heteroatoms. The summed E-state index contributed by atoms with van der Waals surface area (Å²) in [5.74, 6) is 0. The largest absolute Gasteiger partial charge is 0.483 e. The molecule has 0 heterocycles. The molecule has 19 heavy (non-hydrogen) atoms. The van der Waals surface area contributed by atoms with Crippen LogP contribution < -0.4 is 5.32 Å². The van der Waals surface area contributed by atoms with Crippen molar-refractivity contribution in [2.45, 2.75) is 31.6 Å². The van der Waals surface area contributed by atoms with Crippen molar-refractivity contribution in [2.24, 2.45) is 0 Å². The summed E-state index contributed by atoms with van der Waals surface area (Å²) in [6, 6.07) is 4.46. The van der Waals surface area contributed by atoms with E-state index < -0.39 is 11.7 Å². The van der Waals surface area contributed by atoms with Crippen LogP contribution in [0, 0.1) is 0 Å². The minimum absolute atomic E-state index is 0.192. The number of nitrogens with one attached hydrogen (secondary N) is 1. The van der Waals surface area contributed by atoms with E-state index in [0.29, 0.717) is 18.2 Å². The summed E-state index contributed by atoms with van der Waals surface area (Å²) < 4.78 is 37.6. The number of hydrogen-bond acceptors (Lipinski definition) is 2. The molecule has 2 N–H and O–H groups in total. The second-order valence-corrected chi connectivity index (χ2v) is 4.41. The predicted octanol–water partition coefficient (Wildman–Crippen LogP) is 3.31. The van der Waals surface area contributed by atoms with Crippen LogP contribution in [0.3, 0.4) is 0 Å². The zero-order valence-electron chi connectivity index (χ0n) is 9.88. The highest BCUT2D eigenvalue weighted by Crippen LogP contribution is 2.36. The predicted molar refractivity (Wildman–Crippen MR) is 65.0 cm³/mol. The van der Waals surface area contributed by atoms with Crippen molar-refractivity contribution in [3.8, 4) is 0 Å². The Morgan fingerprint density at radius 2 is 2.00 bits per heavy atom. The Balaban J connectivity index is 0.000000550. The molecule has 1 fully saturated rings. The van der Waals surface area contributed by atoms with E-state index >= 15 is 0 Å². The van der Waals surface area contributed by atoms with E-state index in [4.69, 9.17) is 21.5 Å². The van der Waals surface area contributed by atoms with E-state index in [1.165, 1.54) is 6.07 Å². The quantitative estimate of drug-likeness (QED) is 0.841. The molecule has 0 unspecified atom stereocenters. The molecule has 0 aromatic heterocycles.